The fourth-order valence-corrected chi connectivity index (χ4v) is 6.78. The third kappa shape index (κ3) is 2.06. The maximum atomic E-state index is 6.00. The Bertz CT molecular complexity index is 702. The molecule has 2 heteroatoms. The topological polar surface area (TPSA) is 18.5 Å². The Hall–Kier alpha value is -1.04. The van der Waals surface area contributed by atoms with Crippen LogP contribution in [0.5, 0.6) is 0 Å². The van der Waals surface area contributed by atoms with Crippen molar-refractivity contribution in [2.45, 2.75) is 71.0 Å². The van der Waals surface area contributed by atoms with Gasteiger partial charge >= 0.3 is 0 Å². The third-order valence-corrected chi connectivity index (χ3v) is 8.57. The molecule has 0 aromatic heterocycles. The SMILES string of the molecule is C#C[C@@]1(C)CC[C@H]2[C@@H]3CCC4=C(CCC5(C4)OCCO5)C3=CC[C@@]21C. The van der Waals surface area contributed by atoms with Crippen molar-refractivity contribution in [1.29, 1.82) is 0 Å². The highest BCUT2D eigenvalue weighted by Crippen LogP contribution is 2.65. The summed E-state index contributed by atoms with van der Waals surface area (Å²) in [6.07, 6.45) is 17.9. The van der Waals surface area contributed by atoms with Crippen LogP contribution in [0, 0.1) is 35.0 Å². The van der Waals surface area contributed by atoms with Gasteiger partial charge in [0.1, 0.15) is 0 Å². The molecule has 4 aliphatic carbocycles. The lowest BCUT2D eigenvalue weighted by Crippen LogP contribution is -2.43. The van der Waals surface area contributed by atoms with Gasteiger partial charge in [-0.05, 0) is 73.8 Å². The van der Waals surface area contributed by atoms with Crippen molar-refractivity contribution in [2.75, 3.05) is 13.2 Å². The third-order valence-electron chi connectivity index (χ3n) is 8.57. The second-order valence-electron chi connectivity index (χ2n) is 9.41. The van der Waals surface area contributed by atoms with E-state index in [1.165, 1.54) is 25.7 Å². The highest BCUT2D eigenvalue weighted by Gasteiger charge is 2.58. The van der Waals surface area contributed by atoms with Crippen LogP contribution in [0.2, 0.25) is 0 Å². The van der Waals surface area contributed by atoms with Crippen molar-refractivity contribution < 1.29 is 9.47 Å². The van der Waals surface area contributed by atoms with Crippen molar-refractivity contribution in [3.63, 3.8) is 0 Å². The Labute approximate surface area is 152 Å². The maximum absolute atomic E-state index is 6.00. The molecule has 1 spiro atoms. The monoisotopic (exact) mass is 338 g/mol. The van der Waals surface area contributed by atoms with Gasteiger partial charge in [-0.15, -0.1) is 6.42 Å². The Morgan fingerprint density at radius 2 is 1.92 bits per heavy atom. The van der Waals surface area contributed by atoms with Gasteiger partial charge in [0.05, 0.1) is 13.2 Å². The summed E-state index contributed by atoms with van der Waals surface area (Å²) in [5, 5.41) is 0. The van der Waals surface area contributed by atoms with Crippen LogP contribution < -0.4 is 0 Å². The molecule has 134 valence electrons. The minimum absolute atomic E-state index is 0.0660. The van der Waals surface area contributed by atoms with E-state index in [1.807, 2.05) is 0 Å². The van der Waals surface area contributed by atoms with E-state index in [2.05, 4.69) is 25.8 Å². The summed E-state index contributed by atoms with van der Waals surface area (Å²) >= 11 is 0. The van der Waals surface area contributed by atoms with Gasteiger partial charge in [0.2, 0.25) is 0 Å². The van der Waals surface area contributed by atoms with Gasteiger partial charge in [-0.25, -0.2) is 0 Å². The van der Waals surface area contributed by atoms with Crippen molar-refractivity contribution in [2.24, 2.45) is 22.7 Å². The van der Waals surface area contributed by atoms with E-state index in [-0.39, 0.29) is 16.6 Å². The normalized spacial score (nSPS) is 44.8. The summed E-state index contributed by atoms with van der Waals surface area (Å²) in [5.41, 5.74) is 5.31. The molecular weight excluding hydrogens is 308 g/mol. The molecule has 4 atom stereocenters. The van der Waals surface area contributed by atoms with Gasteiger partial charge in [0.15, 0.2) is 5.79 Å². The minimum atomic E-state index is -0.287. The van der Waals surface area contributed by atoms with Crippen LogP contribution in [0.4, 0.5) is 0 Å². The number of fused-ring (bicyclic) bond motifs is 4. The predicted octanol–water partition coefficient (Wildman–Crippen LogP) is 5.01. The summed E-state index contributed by atoms with van der Waals surface area (Å²) in [4.78, 5) is 0. The first-order chi connectivity index (χ1) is 12.0. The van der Waals surface area contributed by atoms with Crippen LogP contribution >= 0.6 is 0 Å². The van der Waals surface area contributed by atoms with Gasteiger partial charge in [-0.1, -0.05) is 24.5 Å². The zero-order chi connectivity index (χ0) is 17.3. The number of hydrogen-bond donors (Lipinski definition) is 0. The Morgan fingerprint density at radius 1 is 1.12 bits per heavy atom. The molecule has 0 radical (unpaired) electrons. The number of rotatable bonds is 0. The molecule has 0 bridgehead atoms. The van der Waals surface area contributed by atoms with E-state index in [1.54, 1.807) is 16.7 Å². The van der Waals surface area contributed by atoms with Gasteiger partial charge < -0.3 is 9.47 Å². The zero-order valence-corrected chi connectivity index (χ0v) is 15.7. The van der Waals surface area contributed by atoms with Gasteiger partial charge in [-0.3, -0.25) is 0 Å². The molecule has 0 aromatic carbocycles. The first kappa shape index (κ1) is 16.2. The summed E-state index contributed by atoms with van der Waals surface area (Å²) < 4.78 is 12.0. The highest BCUT2D eigenvalue weighted by atomic mass is 16.7. The summed E-state index contributed by atoms with van der Waals surface area (Å²) in [6.45, 7) is 6.33. The largest absolute Gasteiger partial charge is 0.347 e. The highest BCUT2D eigenvalue weighted by molar-refractivity contribution is 5.45. The average Bonchev–Trinajstić information content (AvgIpc) is 3.18. The van der Waals surface area contributed by atoms with Crippen LogP contribution in [0.3, 0.4) is 0 Å². The second-order valence-corrected chi connectivity index (χ2v) is 9.41. The van der Waals surface area contributed by atoms with E-state index in [0.717, 1.165) is 50.7 Å². The number of terminal acetylenes is 1. The molecule has 2 fully saturated rings. The summed E-state index contributed by atoms with van der Waals surface area (Å²) in [6, 6.07) is 0. The van der Waals surface area contributed by atoms with Crippen molar-refractivity contribution in [3.8, 4) is 12.3 Å². The molecule has 25 heavy (non-hydrogen) atoms. The van der Waals surface area contributed by atoms with Gasteiger partial charge in [0.25, 0.3) is 0 Å². The Morgan fingerprint density at radius 3 is 2.68 bits per heavy atom. The van der Waals surface area contributed by atoms with Crippen LogP contribution in [-0.2, 0) is 9.47 Å². The molecule has 1 saturated heterocycles. The fourth-order valence-electron chi connectivity index (χ4n) is 6.78. The quantitative estimate of drug-likeness (QED) is 0.578. The minimum Gasteiger partial charge on any atom is -0.347 e. The lowest BCUT2D eigenvalue weighted by molar-refractivity contribution is -0.164. The van der Waals surface area contributed by atoms with Gasteiger partial charge in [0, 0.05) is 18.3 Å². The van der Waals surface area contributed by atoms with Gasteiger partial charge in [-0.2, -0.15) is 0 Å². The predicted molar refractivity (Wildman–Crippen MR) is 98.7 cm³/mol. The lowest BCUT2D eigenvalue weighted by atomic mass is 9.54. The molecule has 5 aliphatic rings. The first-order valence-corrected chi connectivity index (χ1v) is 10.2. The van der Waals surface area contributed by atoms with E-state index in [9.17, 15) is 0 Å². The van der Waals surface area contributed by atoms with Crippen molar-refractivity contribution in [3.05, 3.63) is 22.8 Å². The summed E-state index contributed by atoms with van der Waals surface area (Å²) in [5.74, 6) is 4.39. The molecule has 0 unspecified atom stereocenters. The molecule has 1 aliphatic heterocycles. The molecule has 0 aromatic rings. The molecule has 0 amide bonds. The summed E-state index contributed by atoms with van der Waals surface area (Å²) in [7, 11) is 0. The lowest BCUT2D eigenvalue weighted by Gasteiger charge is -2.50. The van der Waals surface area contributed by atoms with E-state index >= 15 is 0 Å². The molecule has 5 rings (SSSR count). The zero-order valence-electron chi connectivity index (χ0n) is 15.7. The van der Waals surface area contributed by atoms with Crippen molar-refractivity contribution in [1.82, 2.24) is 0 Å². The molecule has 1 heterocycles. The van der Waals surface area contributed by atoms with Crippen LogP contribution in [-0.4, -0.2) is 19.0 Å². The molecule has 1 saturated carbocycles. The smallest absolute Gasteiger partial charge is 0.172 e. The number of ether oxygens (including phenoxy) is 2. The van der Waals surface area contributed by atoms with Crippen LogP contribution in [0.15, 0.2) is 22.8 Å². The van der Waals surface area contributed by atoms with E-state index in [0.29, 0.717) is 0 Å². The number of hydrogen-bond acceptors (Lipinski definition) is 2. The molecule has 2 nitrogen and oxygen atoms in total. The standard InChI is InChI=1S/C23H30O2/c1-4-21(2)10-9-20-19-6-5-16-15-23(24-13-14-25-23)12-8-17(16)18(19)7-11-22(20,21)3/h1,7,19-20H,5-6,8-15H2,2-3H3/t19-,20+,21+,22+/m1/s1. The molecular formula is C23H30O2. The first-order valence-electron chi connectivity index (χ1n) is 10.2. The van der Waals surface area contributed by atoms with Crippen LogP contribution in [0.25, 0.3) is 0 Å². The average molecular weight is 338 g/mol. The van der Waals surface area contributed by atoms with Crippen LogP contribution in [0.1, 0.15) is 65.2 Å². The van der Waals surface area contributed by atoms with E-state index < -0.39 is 0 Å². The Balaban J connectivity index is 1.49. The number of allylic oxidation sites excluding steroid dienone is 3. The molecule has 0 N–H and O–H groups in total. The van der Waals surface area contributed by atoms with E-state index in [4.69, 9.17) is 15.9 Å². The fraction of sp³-hybridized carbons (Fsp3) is 0.739. The Kier molecular flexibility index (Phi) is 3.39. The second kappa shape index (κ2) is 5.24. The van der Waals surface area contributed by atoms with Crippen molar-refractivity contribution >= 4 is 0 Å². The maximum Gasteiger partial charge on any atom is 0.172 e.